The predicted molar refractivity (Wildman–Crippen MR) is 75.9 cm³/mol. The molecule has 3 nitrogen and oxygen atoms in total. The van der Waals surface area contributed by atoms with Crippen molar-refractivity contribution in [3.8, 4) is 0 Å². The van der Waals surface area contributed by atoms with Gasteiger partial charge in [0, 0.05) is 31.8 Å². The Labute approximate surface area is 112 Å². The lowest BCUT2D eigenvalue weighted by Gasteiger charge is -2.39. The minimum Gasteiger partial charge on any atom is -0.375 e. The van der Waals surface area contributed by atoms with Crippen LogP contribution in [-0.2, 0) is 4.74 Å². The molecule has 0 amide bonds. The highest BCUT2D eigenvalue weighted by Gasteiger charge is 2.39. The molecule has 1 saturated heterocycles. The lowest BCUT2D eigenvalue weighted by atomic mass is 9.89. The van der Waals surface area contributed by atoms with E-state index >= 15 is 0 Å². The van der Waals surface area contributed by atoms with E-state index in [-0.39, 0.29) is 5.60 Å². The molecule has 2 aliphatic rings. The molecule has 0 radical (unpaired) electrons. The first kappa shape index (κ1) is 14.3. The van der Waals surface area contributed by atoms with Crippen LogP contribution in [0.25, 0.3) is 0 Å². The van der Waals surface area contributed by atoms with Gasteiger partial charge < -0.3 is 15.0 Å². The van der Waals surface area contributed by atoms with Crippen LogP contribution in [0.1, 0.15) is 52.4 Å². The first-order chi connectivity index (χ1) is 8.61. The molecule has 3 heteroatoms. The van der Waals surface area contributed by atoms with Crippen molar-refractivity contribution >= 4 is 0 Å². The van der Waals surface area contributed by atoms with Crippen molar-refractivity contribution in [3.05, 3.63) is 0 Å². The van der Waals surface area contributed by atoms with Crippen molar-refractivity contribution in [2.75, 3.05) is 26.7 Å². The highest BCUT2D eigenvalue weighted by molar-refractivity contribution is 4.93. The van der Waals surface area contributed by atoms with Gasteiger partial charge in [-0.3, -0.25) is 0 Å². The van der Waals surface area contributed by atoms with Crippen molar-refractivity contribution in [2.24, 2.45) is 0 Å². The Morgan fingerprint density at radius 1 is 1.33 bits per heavy atom. The Bertz CT molecular complexity index is 249. The van der Waals surface area contributed by atoms with E-state index in [1.165, 1.54) is 38.5 Å². The summed E-state index contributed by atoms with van der Waals surface area (Å²) in [5, 5.41) is 3.74. The first-order valence-electron chi connectivity index (χ1n) is 7.69. The molecule has 1 heterocycles. The molecule has 1 unspecified atom stereocenters. The molecule has 0 aromatic rings. The molecule has 2 fully saturated rings. The summed E-state index contributed by atoms with van der Waals surface area (Å²) in [4.78, 5) is 2.40. The highest BCUT2D eigenvalue weighted by atomic mass is 16.5. The van der Waals surface area contributed by atoms with E-state index < -0.39 is 0 Å². The molecule has 1 aliphatic heterocycles. The van der Waals surface area contributed by atoms with Crippen molar-refractivity contribution < 1.29 is 4.74 Å². The monoisotopic (exact) mass is 254 g/mol. The van der Waals surface area contributed by atoms with Crippen LogP contribution in [0.2, 0.25) is 0 Å². The van der Waals surface area contributed by atoms with Crippen molar-refractivity contribution in [2.45, 2.75) is 70.1 Å². The van der Waals surface area contributed by atoms with Crippen LogP contribution in [0.3, 0.4) is 0 Å². The summed E-state index contributed by atoms with van der Waals surface area (Å²) < 4.78 is 6.07. The molecule has 2 rings (SSSR count). The van der Waals surface area contributed by atoms with Crippen molar-refractivity contribution in [1.82, 2.24) is 10.2 Å². The summed E-state index contributed by atoms with van der Waals surface area (Å²) in [6.45, 7) is 7.71. The summed E-state index contributed by atoms with van der Waals surface area (Å²) in [5.41, 5.74) is 0.250. The lowest BCUT2D eigenvalue weighted by Crippen LogP contribution is -2.47. The molecule has 18 heavy (non-hydrogen) atoms. The molecular formula is C15H30N2O. The third-order valence-electron chi connectivity index (χ3n) is 4.79. The van der Waals surface area contributed by atoms with Crippen LogP contribution in [0.15, 0.2) is 0 Å². The number of ether oxygens (including phenoxy) is 1. The SMILES string of the molecule is CC(C)N(C)CCNC1CCOC2(CCCC2)C1. The van der Waals surface area contributed by atoms with Crippen LogP contribution < -0.4 is 5.32 Å². The fraction of sp³-hybridized carbons (Fsp3) is 1.00. The molecule has 0 bridgehead atoms. The summed E-state index contributed by atoms with van der Waals surface area (Å²) in [5.74, 6) is 0. The zero-order chi connectivity index (χ0) is 13.0. The van der Waals surface area contributed by atoms with Gasteiger partial charge in [-0.15, -0.1) is 0 Å². The van der Waals surface area contributed by atoms with Crippen LogP contribution >= 0.6 is 0 Å². The molecule has 1 aliphatic carbocycles. The van der Waals surface area contributed by atoms with Gasteiger partial charge in [0.2, 0.25) is 0 Å². The molecule has 1 N–H and O–H groups in total. The van der Waals surface area contributed by atoms with E-state index in [4.69, 9.17) is 4.74 Å². The number of rotatable bonds is 5. The summed E-state index contributed by atoms with van der Waals surface area (Å²) >= 11 is 0. The second-order valence-corrected chi connectivity index (χ2v) is 6.46. The van der Waals surface area contributed by atoms with Crippen molar-refractivity contribution in [3.63, 3.8) is 0 Å². The average molecular weight is 254 g/mol. The van der Waals surface area contributed by atoms with Gasteiger partial charge in [0.1, 0.15) is 0 Å². The Hall–Kier alpha value is -0.120. The van der Waals surface area contributed by atoms with E-state index in [1.54, 1.807) is 0 Å². The summed E-state index contributed by atoms with van der Waals surface area (Å²) in [7, 11) is 2.20. The van der Waals surface area contributed by atoms with Gasteiger partial charge in [-0.2, -0.15) is 0 Å². The number of hydrogen-bond donors (Lipinski definition) is 1. The van der Waals surface area contributed by atoms with E-state index in [2.05, 4.69) is 31.1 Å². The average Bonchev–Trinajstić information content (AvgIpc) is 2.77. The Kier molecular flexibility index (Phi) is 5.05. The number of hydrogen-bond acceptors (Lipinski definition) is 3. The standard InChI is InChI=1S/C15H30N2O/c1-13(2)17(3)10-9-16-14-6-11-18-15(12-14)7-4-5-8-15/h13-14,16H,4-12H2,1-3H3. The lowest BCUT2D eigenvalue weighted by molar-refractivity contribution is -0.0836. The maximum atomic E-state index is 6.07. The second kappa shape index (κ2) is 6.36. The largest absolute Gasteiger partial charge is 0.375 e. The third kappa shape index (κ3) is 3.69. The molecule has 1 spiro atoms. The molecule has 1 saturated carbocycles. The summed E-state index contributed by atoms with van der Waals surface area (Å²) in [6, 6.07) is 1.32. The first-order valence-corrected chi connectivity index (χ1v) is 7.69. The van der Waals surface area contributed by atoms with E-state index in [0.29, 0.717) is 12.1 Å². The molecule has 0 aromatic heterocycles. The Balaban J connectivity index is 1.70. The zero-order valence-electron chi connectivity index (χ0n) is 12.4. The Morgan fingerprint density at radius 2 is 2.06 bits per heavy atom. The molecule has 1 atom stereocenters. The number of nitrogens with zero attached hydrogens (tertiary/aromatic N) is 1. The maximum Gasteiger partial charge on any atom is 0.0697 e. The Morgan fingerprint density at radius 3 is 2.72 bits per heavy atom. The topological polar surface area (TPSA) is 24.5 Å². The zero-order valence-corrected chi connectivity index (χ0v) is 12.4. The fourth-order valence-corrected chi connectivity index (χ4v) is 3.27. The number of nitrogens with one attached hydrogen (secondary N) is 1. The maximum absolute atomic E-state index is 6.07. The normalized spacial score (nSPS) is 27.5. The van der Waals surface area contributed by atoms with Gasteiger partial charge in [-0.1, -0.05) is 12.8 Å². The van der Waals surface area contributed by atoms with Crippen molar-refractivity contribution in [1.29, 1.82) is 0 Å². The van der Waals surface area contributed by atoms with Gasteiger partial charge in [0.15, 0.2) is 0 Å². The van der Waals surface area contributed by atoms with Gasteiger partial charge in [-0.05, 0) is 46.6 Å². The quantitative estimate of drug-likeness (QED) is 0.815. The van der Waals surface area contributed by atoms with Crippen LogP contribution in [0, 0.1) is 0 Å². The minimum atomic E-state index is 0.250. The van der Waals surface area contributed by atoms with Crippen LogP contribution in [0.4, 0.5) is 0 Å². The van der Waals surface area contributed by atoms with E-state index in [9.17, 15) is 0 Å². The van der Waals surface area contributed by atoms with E-state index in [1.807, 2.05) is 0 Å². The van der Waals surface area contributed by atoms with Crippen LogP contribution in [-0.4, -0.2) is 49.3 Å². The van der Waals surface area contributed by atoms with E-state index in [0.717, 1.165) is 19.7 Å². The number of likely N-dealkylation sites (N-methyl/N-ethyl adjacent to an activating group) is 1. The van der Waals surface area contributed by atoms with Gasteiger partial charge >= 0.3 is 0 Å². The highest BCUT2D eigenvalue weighted by Crippen LogP contribution is 2.39. The molecule has 0 aromatic carbocycles. The van der Waals surface area contributed by atoms with Crippen LogP contribution in [0.5, 0.6) is 0 Å². The molecular weight excluding hydrogens is 224 g/mol. The smallest absolute Gasteiger partial charge is 0.0697 e. The van der Waals surface area contributed by atoms with Gasteiger partial charge in [0.05, 0.1) is 5.60 Å². The van der Waals surface area contributed by atoms with Gasteiger partial charge in [0.25, 0.3) is 0 Å². The summed E-state index contributed by atoms with van der Waals surface area (Å²) in [6.07, 6.45) is 7.73. The second-order valence-electron chi connectivity index (χ2n) is 6.46. The minimum absolute atomic E-state index is 0.250. The fourth-order valence-electron chi connectivity index (χ4n) is 3.27. The third-order valence-corrected chi connectivity index (χ3v) is 4.79. The predicted octanol–water partition coefficient (Wildman–Crippen LogP) is 2.41. The molecule has 106 valence electrons. The van der Waals surface area contributed by atoms with Gasteiger partial charge in [-0.25, -0.2) is 0 Å².